The predicted octanol–water partition coefficient (Wildman–Crippen LogP) is 2.88. The van der Waals surface area contributed by atoms with Crippen LogP contribution in [0.15, 0.2) is 18.2 Å². The Morgan fingerprint density at radius 3 is 2.67 bits per heavy atom. The van der Waals surface area contributed by atoms with Crippen LogP contribution in [0.2, 0.25) is 0 Å². The first-order valence-electron chi connectivity index (χ1n) is 4.46. The molecule has 0 saturated heterocycles. The Bertz CT molecular complexity index is 304. The number of rotatable bonds is 0. The maximum atomic E-state index is 5.70. The first kappa shape index (κ1) is 7.66. The topological polar surface area (TPSA) is 9.23 Å². The SMILES string of the molecule is Cc1cccc2c1C(C)C(C)O2. The van der Waals surface area contributed by atoms with E-state index in [1.807, 2.05) is 0 Å². The van der Waals surface area contributed by atoms with Gasteiger partial charge in [-0.1, -0.05) is 19.1 Å². The van der Waals surface area contributed by atoms with Crippen molar-refractivity contribution in [1.82, 2.24) is 0 Å². The van der Waals surface area contributed by atoms with Crippen LogP contribution in [-0.4, -0.2) is 6.10 Å². The average Bonchev–Trinajstić information content (AvgIpc) is 2.29. The van der Waals surface area contributed by atoms with E-state index in [1.165, 1.54) is 11.1 Å². The van der Waals surface area contributed by atoms with Crippen molar-refractivity contribution < 1.29 is 4.74 Å². The zero-order valence-electron chi connectivity index (χ0n) is 7.79. The Morgan fingerprint density at radius 2 is 2.00 bits per heavy atom. The van der Waals surface area contributed by atoms with Gasteiger partial charge in [-0.25, -0.2) is 0 Å². The maximum Gasteiger partial charge on any atom is 0.123 e. The number of benzene rings is 1. The van der Waals surface area contributed by atoms with Gasteiger partial charge in [0.1, 0.15) is 11.9 Å². The first-order valence-corrected chi connectivity index (χ1v) is 4.46. The second-order valence-corrected chi connectivity index (χ2v) is 3.60. The molecule has 0 saturated carbocycles. The largest absolute Gasteiger partial charge is 0.490 e. The van der Waals surface area contributed by atoms with Crippen LogP contribution in [0.3, 0.4) is 0 Å². The summed E-state index contributed by atoms with van der Waals surface area (Å²) >= 11 is 0. The molecule has 1 aromatic rings. The third-order valence-electron chi connectivity index (χ3n) is 2.76. The van der Waals surface area contributed by atoms with Crippen molar-refractivity contribution in [1.29, 1.82) is 0 Å². The minimum Gasteiger partial charge on any atom is -0.490 e. The van der Waals surface area contributed by atoms with Crippen molar-refractivity contribution in [2.45, 2.75) is 32.8 Å². The first-order chi connectivity index (χ1) is 5.70. The Hall–Kier alpha value is -0.980. The molecule has 0 bridgehead atoms. The molecule has 0 fully saturated rings. The van der Waals surface area contributed by atoms with Crippen molar-refractivity contribution in [3.8, 4) is 5.75 Å². The maximum absolute atomic E-state index is 5.70. The van der Waals surface area contributed by atoms with Gasteiger partial charge in [-0.05, 0) is 25.5 Å². The van der Waals surface area contributed by atoms with E-state index in [0.717, 1.165) is 5.75 Å². The minimum absolute atomic E-state index is 0.334. The number of hydrogen-bond donors (Lipinski definition) is 0. The Balaban J connectivity index is 2.55. The van der Waals surface area contributed by atoms with Gasteiger partial charge in [-0.15, -0.1) is 0 Å². The van der Waals surface area contributed by atoms with Crippen molar-refractivity contribution in [2.24, 2.45) is 0 Å². The number of hydrogen-bond acceptors (Lipinski definition) is 1. The standard InChI is InChI=1S/C11H14O/c1-7-5-4-6-10-11(7)8(2)9(3)12-10/h4-6,8-9H,1-3H3. The number of fused-ring (bicyclic) bond motifs is 1. The van der Waals surface area contributed by atoms with Gasteiger partial charge >= 0.3 is 0 Å². The molecule has 0 aliphatic carbocycles. The molecule has 0 amide bonds. The Kier molecular flexibility index (Phi) is 1.60. The summed E-state index contributed by atoms with van der Waals surface area (Å²) in [6, 6.07) is 6.26. The summed E-state index contributed by atoms with van der Waals surface area (Å²) in [6.45, 7) is 6.50. The van der Waals surface area contributed by atoms with Crippen molar-refractivity contribution in [2.75, 3.05) is 0 Å². The van der Waals surface area contributed by atoms with E-state index in [9.17, 15) is 0 Å². The van der Waals surface area contributed by atoms with Crippen molar-refractivity contribution >= 4 is 0 Å². The highest BCUT2D eigenvalue weighted by Gasteiger charge is 2.28. The fourth-order valence-corrected chi connectivity index (χ4v) is 1.88. The van der Waals surface area contributed by atoms with Crippen LogP contribution in [-0.2, 0) is 0 Å². The van der Waals surface area contributed by atoms with Crippen LogP contribution in [0.25, 0.3) is 0 Å². The monoisotopic (exact) mass is 162 g/mol. The van der Waals surface area contributed by atoms with Gasteiger partial charge < -0.3 is 4.74 Å². The molecule has 1 heteroatoms. The van der Waals surface area contributed by atoms with Gasteiger partial charge in [0.05, 0.1) is 0 Å². The van der Waals surface area contributed by atoms with Gasteiger partial charge in [-0.3, -0.25) is 0 Å². The lowest BCUT2D eigenvalue weighted by atomic mass is 9.95. The fourth-order valence-electron chi connectivity index (χ4n) is 1.88. The zero-order valence-corrected chi connectivity index (χ0v) is 7.79. The molecule has 12 heavy (non-hydrogen) atoms. The van der Waals surface area contributed by atoms with E-state index in [1.54, 1.807) is 0 Å². The molecule has 1 heterocycles. The molecule has 1 aromatic carbocycles. The van der Waals surface area contributed by atoms with Gasteiger partial charge in [0.15, 0.2) is 0 Å². The third-order valence-corrected chi connectivity index (χ3v) is 2.76. The molecule has 1 aliphatic heterocycles. The summed E-state index contributed by atoms with van der Waals surface area (Å²) in [5, 5.41) is 0. The van der Waals surface area contributed by atoms with Gasteiger partial charge in [0.2, 0.25) is 0 Å². The van der Waals surface area contributed by atoms with Crippen molar-refractivity contribution in [3.63, 3.8) is 0 Å². The summed E-state index contributed by atoms with van der Waals surface area (Å²) in [5.41, 5.74) is 2.74. The Labute approximate surface area is 73.4 Å². The lowest BCUT2D eigenvalue weighted by molar-refractivity contribution is 0.232. The van der Waals surface area contributed by atoms with Crippen LogP contribution >= 0.6 is 0 Å². The van der Waals surface area contributed by atoms with Crippen LogP contribution in [0, 0.1) is 6.92 Å². The van der Waals surface area contributed by atoms with Crippen LogP contribution in [0.1, 0.15) is 30.9 Å². The lowest BCUT2D eigenvalue weighted by Gasteiger charge is -2.08. The fraction of sp³-hybridized carbons (Fsp3) is 0.455. The zero-order chi connectivity index (χ0) is 8.72. The lowest BCUT2D eigenvalue weighted by Crippen LogP contribution is -2.10. The van der Waals surface area contributed by atoms with E-state index in [0.29, 0.717) is 12.0 Å². The van der Waals surface area contributed by atoms with E-state index in [-0.39, 0.29) is 0 Å². The van der Waals surface area contributed by atoms with Crippen LogP contribution < -0.4 is 4.74 Å². The quantitative estimate of drug-likeness (QED) is 0.570. The van der Waals surface area contributed by atoms with E-state index >= 15 is 0 Å². The van der Waals surface area contributed by atoms with Crippen LogP contribution in [0.5, 0.6) is 5.75 Å². The van der Waals surface area contributed by atoms with Gasteiger partial charge in [0.25, 0.3) is 0 Å². The van der Waals surface area contributed by atoms with Gasteiger partial charge in [-0.2, -0.15) is 0 Å². The molecule has 2 atom stereocenters. The molecule has 1 nitrogen and oxygen atoms in total. The van der Waals surface area contributed by atoms with Gasteiger partial charge in [0, 0.05) is 11.5 Å². The molecule has 64 valence electrons. The van der Waals surface area contributed by atoms with Crippen molar-refractivity contribution in [3.05, 3.63) is 29.3 Å². The number of aryl methyl sites for hydroxylation is 1. The molecule has 0 aromatic heterocycles. The molecular weight excluding hydrogens is 148 g/mol. The smallest absolute Gasteiger partial charge is 0.123 e. The molecule has 0 radical (unpaired) electrons. The molecule has 0 spiro atoms. The van der Waals surface area contributed by atoms with E-state index in [4.69, 9.17) is 4.74 Å². The predicted molar refractivity (Wildman–Crippen MR) is 49.7 cm³/mol. The minimum atomic E-state index is 0.334. The summed E-state index contributed by atoms with van der Waals surface area (Å²) in [5.74, 6) is 1.62. The third kappa shape index (κ3) is 0.927. The molecule has 2 unspecified atom stereocenters. The summed E-state index contributed by atoms with van der Waals surface area (Å²) < 4.78 is 5.70. The number of ether oxygens (including phenoxy) is 1. The Morgan fingerprint density at radius 1 is 1.25 bits per heavy atom. The summed E-state index contributed by atoms with van der Waals surface area (Å²) in [4.78, 5) is 0. The molecule has 1 aliphatic rings. The highest BCUT2D eigenvalue weighted by atomic mass is 16.5. The molecular formula is C11H14O. The summed E-state index contributed by atoms with van der Waals surface area (Å²) in [7, 11) is 0. The summed E-state index contributed by atoms with van der Waals surface area (Å²) in [6.07, 6.45) is 0.334. The molecule has 0 N–H and O–H groups in total. The second-order valence-electron chi connectivity index (χ2n) is 3.60. The van der Waals surface area contributed by atoms with E-state index < -0.39 is 0 Å². The molecule has 2 rings (SSSR count). The highest BCUT2D eigenvalue weighted by Crippen LogP contribution is 2.39. The highest BCUT2D eigenvalue weighted by molar-refractivity contribution is 5.45. The van der Waals surface area contributed by atoms with E-state index in [2.05, 4.69) is 39.0 Å². The second kappa shape index (κ2) is 2.51. The van der Waals surface area contributed by atoms with Crippen LogP contribution in [0.4, 0.5) is 0 Å². The average molecular weight is 162 g/mol. The normalized spacial score (nSPS) is 26.6.